The maximum Gasteiger partial charge on any atom is 0.135 e. The first kappa shape index (κ1) is 26.5. The van der Waals surface area contributed by atoms with E-state index in [1.54, 1.807) is 0 Å². The van der Waals surface area contributed by atoms with Gasteiger partial charge < -0.3 is 13.6 Å². The smallest absolute Gasteiger partial charge is 0.135 e. The first-order valence-corrected chi connectivity index (χ1v) is 16.8. The van der Waals surface area contributed by atoms with Crippen molar-refractivity contribution in [3.05, 3.63) is 170 Å². The second-order valence-electron chi connectivity index (χ2n) is 13.0. The molecule has 0 spiro atoms. The molecule has 3 heterocycles. The maximum absolute atomic E-state index is 6.15. The van der Waals surface area contributed by atoms with E-state index in [2.05, 4.69) is 167 Å². The number of aromatic nitrogens is 2. The quantitative estimate of drug-likeness (QED) is 0.192. The van der Waals surface area contributed by atoms with Gasteiger partial charge >= 0.3 is 0 Å². The third kappa shape index (κ3) is 3.78. The molecule has 0 atom stereocenters. The van der Waals surface area contributed by atoms with Gasteiger partial charge in [-0.3, -0.25) is 0 Å². The van der Waals surface area contributed by atoms with Gasteiger partial charge in [-0.1, -0.05) is 109 Å². The fourth-order valence-electron chi connectivity index (χ4n) is 8.10. The molecule has 0 saturated heterocycles. The van der Waals surface area contributed by atoms with Gasteiger partial charge in [-0.25, -0.2) is 0 Å². The fourth-order valence-corrected chi connectivity index (χ4v) is 8.10. The molecule has 0 amide bonds. The zero-order valence-corrected chi connectivity index (χ0v) is 26.5. The van der Waals surface area contributed by atoms with Crippen molar-refractivity contribution >= 4 is 76.3 Å². The van der Waals surface area contributed by atoms with Gasteiger partial charge in [-0.2, -0.15) is 0 Å². The molecule has 0 unspecified atom stereocenters. The van der Waals surface area contributed by atoms with Gasteiger partial charge in [0.05, 0.1) is 22.1 Å². The average molecular weight is 625 g/mol. The number of fused-ring (bicyclic) bond motifs is 11. The molecule has 0 bridgehead atoms. The summed E-state index contributed by atoms with van der Waals surface area (Å²) in [6.07, 6.45) is 0. The van der Waals surface area contributed by atoms with E-state index in [-0.39, 0.29) is 0 Å². The molecule has 3 aromatic heterocycles. The maximum atomic E-state index is 6.15. The monoisotopic (exact) mass is 624 g/mol. The van der Waals surface area contributed by atoms with Crippen LogP contribution in [0.1, 0.15) is 0 Å². The SMILES string of the molecule is c1cc(-c2ccc3oc4ccccc4c3c2)cc(-n2c3ccccc3c3ccc4c(c5ccccc5n4-c4ccc5ccccc5c4)c32)c1. The highest BCUT2D eigenvalue weighted by molar-refractivity contribution is 6.26. The number of rotatable bonds is 3. The summed E-state index contributed by atoms with van der Waals surface area (Å²) in [4.78, 5) is 0. The van der Waals surface area contributed by atoms with Gasteiger partial charge in [0.15, 0.2) is 0 Å². The molecule has 3 heteroatoms. The molecule has 8 aromatic carbocycles. The van der Waals surface area contributed by atoms with Crippen LogP contribution in [-0.2, 0) is 0 Å². The van der Waals surface area contributed by atoms with Gasteiger partial charge in [-0.15, -0.1) is 0 Å². The molecule has 3 nitrogen and oxygen atoms in total. The molecule has 0 N–H and O–H groups in total. The predicted octanol–water partition coefficient (Wildman–Crippen LogP) is 12.6. The molecule has 0 radical (unpaired) electrons. The van der Waals surface area contributed by atoms with Crippen molar-refractivity contribution in [1.82, 2.24) is 9.13 Å². The molecule has 0 aliphatic heterocycles. The van der Waals surface area contributed by atoms with Crippen LogP contribution < -0.4 is 0 Å². The Balaban J connectivity index is 1.20. The molecule has 11 aromatic rings. The second kappa shape index (κ2) is 9.96. The van der Waals surface area contributed by atoms with E-state index < -0.39 is 0 Å². The van der Waals surface area contributed by atoms with Crippen molar-refractivity contribution in [2.45, 2.75) is 0 Å². The highest BCUT2D eigenvalue weighted by Gasteiger charge is 2.21. The zero-order chi connectivity index (χ0) is 32.1. The molecular formula is C46H28N2O. The lowest BCUT2D eigenvalue weighted by atomic mass is 10.0. The Kier molecular flexibility index (Phi) is 5.38. The summed E-state index contributed by atoms with van der Waals surface area (Å²) in [5, 5.41) is 9.76. The van der Waals surface area contributed by atoms with E-state index in [0.717, 1.165) is 33.3 Å². The lowest BCUT2D eigenvalue weighted by Crippen LogP contribution is -1.96. The second-order valence-corrected chi connectivity index (χ2v) is 13.0. The van der Waals surface area contributed by atoms with Crippen LogP contribution in [0.25, 0.3) is 98.8 Å². The average Bonchev–Trinajstić information content (AvgIpc) is 3.82. The number of nitrogens with zero attached hydrogens (tertiary/aromatic N) is 2. The summed E-state index contributed by atoms with van der Waals surface area (Å²) in [7, 11) is 0. The van der Waals surface area contributed by atoms with Gasteiger partial charge in [-0.05, 0) is 82.6 Å². The van der Waals surface area contributed by atoms with Crippen LogP contribution in [0, 0.1) is 0 Å². The van der Waals surface area contributed by atoms with E-state index >= 15 is 0 Å². The molecule has 0 aliphatic carbocycles. The summed E-state index contributed by atoms with van der Waals surface area (Å²) in [5.41, 5.74) is 11.3. The third-order valence-corrected chi connectivity index (χ3v) is 10.3. The molecule has 11 rings (SSSR count). The molecule has 0 aliphatic rings. The Labute approximate surface area is 281 Å². The van der Waals surface area contributed by atoms with Crippen molar-refractivity contribution in [3.8, 4) is 22.5 Å². The summed E-state index contributed by atoms with van der Waals surface area (Å²) in [6.45, 7) is 0. The molecule has 0 saturated carbocycles. The molecule has 0 fully saturated rings. The number of hydrogen-bond acceptors (Lipinski definition) is 1. The van der Waals surface area contributed by atoms with Gasteiger partial charge in [0.1, 0.15) is 11.2 Å². The fraction of sp³-hybridized carbons (Fsp3) is 0. The number of benzene rings is 8. The summed E-state index contributed by atoms with van der Waals surface area (Å²) < 4.78 is 11.0. The predicted molar refractivity (Wildman–Crippen MR) is 205 cm³/mol. The number of para-hydroxylation sites is 3. The number of hydrogen-bond donors (Lipinski definition) is 0. The van der Waals surface area contributed by atoms with E-state index in [9.17, 15) is 0 Å². The minimum absolute atomic E-state index is 0.911. The van der Waals surface area contributed by atoms with Crippen molar-refractivity contribution in [2.75, 3.05) is 0 Å². The van der Waals surface area contributed by atoms with Gasteiger partial charge in [0.2, 0.25) is 0 Å². The minimum atomic E-state index is 0.911. The first-order valence-electron chi connectivity index (χ1n) is 16.8. The molecule has 228 valence electrons. The largest absolute Gasteiger partial charge is 0.456 e. The number of furan rings is 1. The van der Waals surface area contributed by atoms with Crippen LogP contribution in [0.15, 0.2) is 174 Å². The Morgan fingerprint density at radius 3 is 1.94 bits per heavy atom. The summed E-state index contributed by atoms with van der Waals surface area (Å²) in [6, 6.07) is 61.4. The van der Waals surface area contributed by atoms with E-state index in [1.807, 2.05) is 12.1 Å². The van der Waals surface area contributed by atoms with Crippen LogP contribution in [0.5, 0.6) is 0 Å². The lowest BCUT2D eigenvalue weighted by molar-refractivity contribution is 0.669. The van der Waals surface area contributed by atoms with Crippen LogP contribution in [0.3, 0.4) is 0 Å². The van der Waals surface area contributed by atoms with Crippen molar-refractivity contribution in [3.63, 3.8) is 0 Å². The van der Waals surface area contributed by atoms with E-state index in [0.29, 0.717) is 0 Å². The van der Waals surface area contributed by atoms with Crippen LogP contribution in [0.2, 0.25) is 0 Å². The Morgan fingerprint density at radius 1 is 0.347 bits per heavy atom. The van der Waals surface area contributed by atoms with Gasteiger partial charge in [0, 0.05) is 43.7 Å². The highest BCUT2D eigenvalue weighted by atomic mass is 16.3. The van der Waals surface area contributed by atoms with Gasteiger partial charge in [0.25, 0.3) is 0 Å². The first-order chi connectivity index (χ1) is 24.3. The van der Waals surface area contributed by atoms with Crippen molar-refractivity contribution in [1.29, 1.82) is 0 Å². The van der Waals surface area contributed by atoms with E-state index in [1.165, 1.54) is 65.5 Å². The normalized spacial score (nSPS) is 12.1. The van der Waals surface area contributed by atoms with E-state index in [4.69, 9.17) is 4.42 Å². The summed E-state index contributed by atoms with van der Waals surface area (Å²) >= 11 is 0. The Bertz CT molecular complexity index is 3120. The summed E-state index contributed by atoms with van der Waals surface area (Å²) in [5.74, 6) is 0. The Hall–Kier alpha value is -6.58. The minimum Gasteiger partial charge on any atom is -0.456 e. The lowest BCUT2D eigenvalue weighted by Gasteiger charge is -2.12. The standard InChI is InChI=1S/C46H28N2O/c1-2-11-30-26-34(22-20-29(30)10-1)47-41-18-7-4-16-38(41)45-42(47)24-23-37-35-14-3-6-17-40(35)48(46(37)45)33-13-9-12-31(27-33)32-21-25-44-39(28-32)36-15-5-8-19-43(36)49-44/h1-28H. The van der Waals surface area contributed by atoms with Crippen molar-refractivity contribution in [2.24, 2.45) is 0 Å². The van der Waals surface area contributed by atoms with Crippen LogP contribution in [0.4, 0.5) is 0 Å². The Morgan fingerprint density at radius 2 is 1.04 bits per heavy atom. The molecular weight excluding hydrogens is 597 g/mol. The topological polar surface area (TPSA) is 23.0 Å². The van der Waals surface area contributed by atoms with Crippen molar-refractivity contribution < 1.29 is 4.42 Å². The van der Waals surface area contributed by atoms with Crippen LogP contribution in [-0.4, -0.2) is 9.13 Å². The molecule has 49 heavy (non-hydrogen) atoms. The highest BCUT2D eigenvalue weighted by Crippen LogP contribution is 2.42. The zero-order valence-electron chi connectivity index (χ0n) is 26.5. The van der Waals surface area contributed by atoms with Crippen LogP contribution >= 0.6 is 0 Å². The third-order valence-electron chi connectivity index (χ3n) is 10.3.